The Balaban J connectivity index is 2.29. The molecule has 3 heteroatoms. The highest BCUT2D eigenvalue weighted by Crippen LogP contribution is 2.08. The van der Waals surface area contributed by atoms with Crippen molar-refractivity contribution < 1.29 is 4.79 Å². The summed E-state index contributed by atoms with van der Waals surface area (Å²) >= 11 is 0. The zero-order valence-corrected chi connectivity index (χ0v) is 7.12. The molecule has 1 aliphatic heterocycles. The molecule has 1 aliphatic rings. The van der Waals surface area contributed by atoms with Gasteiger partial charge in [0.15, 0.2) is 0 Å². The van der Waals surface area contributed by atoms with Crippen LogP contribution in [0.4, 0.5) is 0 Å². The van der Waals surface area contributed by atoms with Gasteiger partial charge < -0.3 is 10.6 Å². The summed E-state index contributed by atoms with van der Waals surface area (Å²) in [6.07, 6.45) is 6.97. The van der Waals surface area contributed by atoms with Crippen molar-refractivity contribution in [2.24, 2.45) is 5.73 Å². The first kappa shape index (κ1) is 9.08. The second-order valence-corrected chi connectivity index (χ2v) is 3.09. The predicted molar refractivity (Wildman–Crippen MR) is 47.2 cm³/mol. The van der Waals surface area contributed by atoms with E-state index in [1.165, 1.54) is 0 Å². The Hall–Kier alpha value is -1.01. The molecule has 0 aromatic carbocycles. The summed E-state index contributed by atoms with van der Waals surface area (Å²) in [7, 11) is 0. The van der Waals surface area contributed by atoms with Crippen molar-refractivity contribution in [2.75, 3.05) is 13.1 Å². The number of carbonyl (C=O) groups excluding carboxylic acids is 1. The molecular weight excluding hydrogens is 152 g/mol. The molecule has 66 valence electrons. The fraction of sp³-hybridized carbons (Fsp3) is 0.667. The lowest BCUT2D eigenvalue weighted by Gasteiger charge is -2.14. The highest BCUT2D eigenvalue weighted by atomic mass is 16.2. The van der Waals surface area contributed by atoms with Crippen molar-refractivity contribution in [3.8, 4) is 12.3 Å². The molecule has 0 aliphatic carbocycles. The first-order chi connectivity index (χ1) is 5.74. The van der Waals surface area contributed by atoms with Crippen molar-refractivity contribution in [2.45, 2.75) is 25.3 Å². The molecule has 0 unspecified atom stereocenters. The second kappa shape index (κ2) is 4.13. The molecule has 0 radical (unpaired) electrons. The van der Waals surface area contributed by atoms with E-state index in [0.717, 1.165) is 13.0 Å². The van der Waals surface area contributed by atoms with Crippen LogP contribution >= 0.6 is 0 Å². The largest absolute Gasteiger partial charge is 0.341 e. The number of hydrogen-bond donors (Lipinski definition) is 1. The molecule has 0 spiro atoms. The summed E-state index contributed by atoms with van der Waals surface area (Å²) in [6.45, 7) is 1.49. The molecule has 0 aromatic heterocycles. The van der Waals surface area contributed by atoms with Crippen molar-refractivity contribution in [3.05, 3.63) is 0 Å². The topological polar surface area (TPSA) is 46.3 Å². The van der Waals surface area contributed by atoms with Gasteiger partial charge in [-0.2, -0.15) is 0 Å². The van der Waals surface area contributed by atoms with Gasteiger partial charge in [0, 0.05) is 32.0 Å². The van der Waals surface area contributed by atoms with Crippen LogP contribution in [0.2, 0.25) is 0 Å². The zero-order chi connectivity index (χ0) is 8.97. The lowest BCUT2D eigenvalue weighted by Crippen LogP contribution is -2.31. The molecule has 1 rings (SSSR count). The van der Waals surface area contributed by atoms with E-state index >= 15 is 0 Å². The predicted octanol–water partition coefficient (Wildman–Crippen LogP) is -0.0406. The minimum atomic E-state index is 0.140. The third kappa shape index (κ3) is 2.24. The summed E-state index contributed by atoms with van der Waals surface area (Å²) in [5.74, 6) is 2.59. The summed E-state index contributed by atoms with van der Waals surface area (Å²) in [4.78, 5) is 13.1. The lowest BCUT2D eigenvalue weighted by atomic mass is 10.3. The van der Waals surface area contributed by atoms with E-state index in [1.807, 2.05) is 0 Å². The first-order valence-electron chi connectivity index (χ1n) is 4.21. The summed E-state index contributed by atoms with van der Waals surface area (Å²) in [5.41, 5.74) is 5.66. The van der Waals surface area contributed by atoms with Gasteiger partial charge >= 0.3 is 0 Å². The monoisotopic (exact) mass is 166 g/mol. The van der Waals surface area contributed by atoms with Crippen LogP contribution in [-0.4, -0.2) is 29.9 Å². The Morgan fingerprint density at radius 3 is 3.00 bits per heavy atom. The van der Waals surface area contributed by atoms with Gasteiger partial charge in [0.25, 0.3) is 0 Å². The third-order valence-electron chi connectivity index (χ3n) is 2.06. The van der Waals surface area contributed by atoms with E-state index in [9.17, 15) is 4.79 Å². The fourth-order valence-electron chi connectivity index (χ4n) is 1.35. The number of likely N-dealkylation sites (tertiary alicyclic amines) is 1. The van der Waals surface area contributed by atoms with E-state index in [4.69, 9.17) is 12.2 Å². The molecule has 12 heavy (non-hydrogen) atoms. The number of rotatable bonds is 2. The highest BCUT2D eigenvalue weighted by molar-refractivity contribution is 5.76. The molecule has 0 aromatic rings. The van der Waals surface area contributed by atoms with Gasteiger partial charge in [0.2, 0.25) is 5.91 Å². The van der Waals surface area contributed by atoms with Crippen LogP contribution in [0.5, 0.6) is 0 Å². The van der Waals surface area contributed by atoms with Gasteiger partial charge in [-0.3, -0.25) is 4.79 Å². The van der Waals surface area contributed by atoms with Crippen LogP contribution in [0.15, 0.2) is 0 Å². The lowest BCUT2D eigenvalue weighted by molar-refractivity contribution is -0.130. The van der Waals surface area contributed by atoms with E-state index in [1.54, 1.807) is 4.90 Å². The van der Waals surface area contributed by atoms with Crippen molar-refractivity contribution >= 4 is 5.91 Å². The van der Waals surface area contributed by atoms with Gasteiger partial charge in [0.05, 0.1) is 0 Å². The van der Waals surface area contributed by atoms with Gasteiger partial charge in [-0.25, -0.2) is 0 Å². The Bertz CT molecular complexity index is 207. The Morgan fingerprint density at radius 2 is 2.50 bits per heavy atom. The second-order valence-electron chi connectivity index (χ2n) is 3.09. The molecule has 1 fully saturated rings. The number of terminal acetylenes is 1. The maximum absolute atomic E-state index is 11.3. The van der Waals surface area contributed by atoms with E-state index in [2.05, 4.69) is 5.92 Å². The molecule has 1 heterocycles. The molecule has 1 amide bonds. The Labute approximate surface area is 72.9 Å². The molecule has 1 saturated heterocycles. The Kier molecular flexibility index (Phi) is 3.12. The first-order valence-corrected chi connectivity index (χ1v) is 4.21. The van der Waals surface area contributed by atoms with E-state index < -0.39 is 0 Å². The van der Waals surface area contributed by atoms with E-state index in [0.29, 0.717) is 19.4 Å². The molecule has 2 N–H and O–H groups in total. The summed E-state index contributed by atoms with van der Waals surface area (Å²) in [6, 6.07) is 0.166. The number of nitrogens with zero attached hydrogens (tertiary/aromatic N) is 1. The minimum absolute atomic E-state index is 0.140. The Morgan fingerprint density at radius 1 is 1.75 bits per heavy atom. The van der Waals surface area contributed by atoms with Gasteiger partial charge in [0.1, 0.15) is 0 Å². The summed E-state index contributed by atoms with van der Waals surface area (Å²) < 4.78 is 0. The molecule has 3 nitrogen and oxygen atoms in total. The quantitative estimate of drug-likeness (QED) is 0.585. The van der Waals surface area contributed by atoms with Gasteiger partial charge in [-0.1, -0.05) is 0 Å². The number of amides is 1. The maximum atomic E-state index is 11.3. The normalized spacial score (nSPS) is 22.3. The minimum Gasteiger partial charge on any atom is -0.341 e. The number of nitrogens with two attached hydrogens (primary N) is 1. The third-order valence-corrected chi connectivity index (χ3v) is 2.06. The maximum Gasteiger partial charge on any atom is 0.223 e. The van der Waals surface area contributed by atoms with Gasteiger partial charge in [-0.15, -0.1) is 12.3 Å². The van der Waals surface area contributed by atoms with Crippen LogP contribution in [0.1, 0.15) is 19.3 Å². The fourth-order valence-corrected chi connectivity index (χ4v) is 1.35. The molecular formula is C9H14N2O. The van der Waals surface area contributed by atoms with E-state index in [-0.39, 0.29) is 11.9 Å². The smallest absolute Gasteiger partial charge is 0.223 e. The molecule has 0 bridgehead atoms. The molecule has 0 saturated carbocycles. The van der Waals surface area contributed by atoms with Crippen LogP contribution < -0.4 is 5.73 Å². The zero-order valence-electron chi connectivity index (χ0n) is 7.12. The number of carbonyl (C=O) groups is 1. The SMILES string of the molecule is C#CCCC(=O)N1CC[C@H](N)C1. The van der Waals surface area contributed by atoms with Crippen LogP contribution in [0, 0.1) is 12.3 Å². The van der Waals surface area contributed by atoms with Crippen molar-refractivity contribution in [1.29, 1.82) is 0 Å². The average Bonchev–Trinajstić information content (AvgIpc) is 2.47. The summed E-state index contributed by atoms with van der Waals surface area (Å²) in [5, 5.41) is 0. The van der Waals surface area contributed by atoms with Crippen LogP contribution in [-0.2, 0) is 4.79 Å². The average molecular weight is 166 g/mol. The highest BCUT2D eigenvalue weighted by Gasteiger charge is 2.22. The van der Waals surface area contributed by atoms with Crippen LogP contribution in [0.3, 0.4) is 0 Å². The standard InChI is InChI=1S/C9H14N2O/c1-2-3-4-9(12)11-6-5-8(10)7-11/h1,8H,3-7,10H2/t8-/m0/s1. The number of hydrogen-bond acceptors (Lipinski definition) is 2. The van der Waals surface area contributed by atoms with Crippen LogP contribution in [0.25, 0.3) is 0 Å². The van der Waals surface area contributed by atoms with Crippen molar-refractivity contribution in [1.82, 2.24) is 4.90 Å². The van der Waals surface area contributed by atoms with Gasteiger partial charge in [-0.05, 0) is 6.42 Å². The van der Waals surface area contributed by atoms with Crippen molar-refractivity contribution in [3.63, 3.8) is 0 Å². The molecule has 1 atom stereocenters.